The third kappa shape index (κ3) is 3.36. The van der Waals surface area contributed by atoms with Gasteiger partial charge < -0.3 is 4.74 Å². The summed E-state index contributed by atoms with van der Waals surface area (Å²) in [5.41, 5.74) is 1.69. The highest BCUT2D eigenvalue weighted by Crippen LogP contribution is 2.30. The van der Waals surface area contributed by atoms with Gasteiger partial charge in [-0.1, -0.05) is 30.3 Å². The number of fused-ring (bicyclic) bond motifs is 1. The van der Waals surface area contributed by atoms with Gasteiger partial charge in [0.1, 0.15) is 22.9 Å². The monoisotopic (exact) mass is 366 g/mol. The van der Waals surface area contributed by atoms with Crippen molar-refractivity contribution in [3.8, 4) is 16.2 Å². The maximum absolute atomic E-state index is 12.9. The number of hydrogen-bond acceptors (Lipinski definition) is 4. The molecule has 0 aliphatic carbocycles. The molecule has 0 unspecified atom stereocenters. The second kappa shape index (κ2) is 7.09. The Kier molecular flexibility index (Phi) is 4.50. The topological polar surface area (TPSA) is 44.1 Å². The van der Waals surface area contributed by atoms with Gasteiger partial charge in [-0.15, -0.1) is 11.3 Å². The smallest absolute Gasteiger partial charge is 0.271 e. The van der Waals surface area contributed by atoms with Crippen molar-refractivity contribution < 1.29 is 9.13 Å². The summed E-state index contributed by atoms with van der Waals surface area (Å²) in [7, 11) is 0. The van der Waals surface area contributed by atoms with E-state index >= 15 is 0 Å². The fraction of sp³-hybridized carbons (Fsp3) is 0.100. The quantitative estimate of drug-likeness (QED) is 0.528. The van der Waals surface area contributed by atoms with Crippen LogP contribution >= 0.6 is 11.3 Å². The van der Waals surface area contributed by atoms with Crippen molar-refractivity contribution in [3.63, 3.8) is 0 Å². The van der Waals surface area contributed by atoms with E-state index in [1.165, 1.54) is 28.0 Å². The van der Waals surface area contributed by atoms with E-state index in [0.717, 1.165) is 10.4 Å². The van der Waals surface area contributed by atoms with Crippen LogP contribution in [0.4, 0.5) is 4.39 Å². The lowest BCUT2D eigenvalue weighted by molar-refractivity contribution is 0.295. The first-order valence-electron chi connectivity index (χ1n) is 8.13. The van der Waals surface area contributed by atoms with E-state index in [2.05, 4.69) is 4.98 Å². The van der Waals surface area contributed by atoms with Crippen molar-refractivity contribution >= 4 is 21.6 Å². The minimum Gasteiger partial charge on any atom is -0.492 e. The van der Waals surface area contributed by atoms with Crippen molar-refractivity contribution in [3.05, 3.63) is 83.2 Å². The van der Waals surface area contributed by atoms with Crippen molar-refractivity contribution in [1.29, 1.82) is 0 Å². The summed E-state index contributed by atoms with van der Waals surface area (Å²) in [5.74, 6) is 0.256. The molecule has 0 aliphatic heterocycles. The van der Waals surface area contributed by atoms with E-state index in [-0.39, 0.29) is 11.4 Å². The third-order valence-corrected chi connectivity index (χ3v) is 5.14. The lowest BCUT2D eigenvalue weighted by Gasteiger charge is -2.07. The molecular weight excluding hydrogens is 351 g/mol. The Morgan fingerprint density at radius 2 is 1.85 bits per heavy atom. The highest BCUT2D eigenvalue weighted by molar-refractivity contribution is 7.22. The molecule has 0 fully saturated rings. The summed E-state index contributed by atoms with van der Waals surface area (Å²) in [6.45, 7) is 0.674. The van der Waals surface area contributed by atoms with Gasteiger partial charge in [-0.05, 0) is 35.9 Å². The zero-order valence-corrected chi connectivity index (χ0v) is 14.6. The van der Waals surface area contributed by atoms with Gasteiger partial charge in [0, 0.05) is 4.88 Å². The summed E-state index contributed by atoms with van der Waals surface area (Å²) in [4.78, 5) is 18.1. The highest BCUT2D eigenvalue weighted by Gasteiger charge is 2.10. The molecule has 4 aromatic rings. The molecule has 0 amide bonds. The molecule has 4 nitrogen and oxygen atoms in total. The zero-order chi connectivity index (χ0) is 17.9. The molecule has 2 aromatic heterocycles. The van der Waals surface area contributed by atoms with Gasteiger partial charge in [0.15, 0.2) is 0 Å². The normalized spacial score (nSPS) is 11.0. The van der Waals surface area contributed by atoms with Gasteiger partial charge in [-0.3, -0.25) is 9.36 Å². The van der Waals surface area contributed by atoms with Crippen LogP contribution in [0.25, 0.3) is 20.7 Å². The first-order chi connectivity index (χ1) is 12.7. The largest absolute Gasteiger partial charge is 0.492 e. The number of benzene rings is 2. The Morgan fingerprint density at radius 3 is 2.62 bits per heavy atom. The summed E-state index contributed by atoms with van der Waals surface area (Å²) in [6.07, 6.45) is 1.54. The molecule has 0 radical (unpaired) electrons. The maximum Gasteiger partial charge on any atom is 0.271 e. The molecule has 0 atom stereocenters. The average Bonchev–Trinajstić information content (AvgIpc) is 3.11. The molecule has 0 bridgehead atoms. The molecular formula is C20H15FN2O2S. The molecule has 2 aromatic carbocycles. The average molecular weight is 366 g/mol. The van der Waals surface area contributed by atoms with Crippen LogP contribution in [0.1, 0.15) is 0 Å². The van der Waals surface area contributed by atoms with Crippen LogP contribution in [0.2, 0.25) is 0 Å². The summed E-state index contributed by atoms with van der Waals surface area (Å²) in [5, 5.41) is 0. The van der Waals surface area contributed by atoms with Crippen molar-refractivity contribution in [2.75, 3.05) is 6.61 Å². The molecule has 2 heterocycles. The molecule has 4 rings (SSSR count). The number of ether oxygens (including phenoxy) is 1. The number of nitrogens with zero attached hydrogens (tertiary/aromatic N) is 2. The van der Waals surface area contributed by atoms with Crippen LogP contribution in [0.15, 0.2) is 71.8 Å². The van der Waals surface area contributed by atoms with Crippen molar-refractivity contribution in [1.82, 2.24) is 9.55 Å². The zero-order valence-electron chi connectivity index (χ0n) is 13.8. The SMILES string of the molecule is O=c1c2sc(-c3ccccc3)cc2ncn1CCOc1ccc(F)cc1. The molecule has 0 saturated carbocycles. The van der Waals surface area contributed by atoms with Gasteiger partial charge in [-0.2, -0.15) is 0 Å². The van der Waals surface area contributed by atoms with Crippen molar-refractivity contribution in [2.45, 2.75) is 6.54 Å². The first kappa shape index (κ1) is 16.5. The second-order valence-electron chi connectivity index (χ2n) is 5.74. The Morgan fingerprint density at radius 1 is 1.08 bits per heavy atom. The molecule has 0 saturated heterocycles. The summed E-state index contributed by atoms with van der Waals surface area (Å²) >= 11 is 1.44. The number of aromatic nitrogens is 2. The second-order valence-corrected chi connectivity index (χ2v) is 6.79. The number of halogens is 1. The maximum atomic E-state index is 12.9. The summed E-state index contributed by atoms with van der Waals surface area (Å²) < 4.78 is 20.6. The van der Waals surface area contributed by atoms with Crippen LogP contribution in [0, 0.1) is 5.82 Å². The fourth-order valence-electron chi connectivity index (χ4n) is 2.64. The molecule has 130 valence electrons. The van der Waals surface area contributed by atoms with E-state index in [1.54, 1.807) is 18.5 Å². The van der Waals surface area contributed by atoms with Crippen LogP contribution < -0.4 is 10.3 Å². The van der Waals surface area contributed by atoms with Crippen LogP contribution in [0.3, 0.4) is 0 Å². The van der Waals surface area contributed by atoms with Gasteiger partial charge in [-0.25, -0.2) is 9.37 Å². The molecule has 0 N–H and O–H groups in total. The molecule has 6 heteroatoms. The van der Waals surface area contributed by atoms with E-state index < -0.39 is 0 Å². The lowest BCUT2D eigenvalue weighted by atomic mass is 10.2. The predicted molar refractivity (Wildman–Crippen MR) is 101 cm³/mol. The van der Waals surface area contributed by atoms with Crippen LogP contribution in [-0.2, 0) is 6.54 Å². The standard InChI is InChI=1S/C20H15FN2O2S/c21-15-6-8-16(9-7-15)25-11-10-23-13-22-17-12-18(26-19(17)20(23)24)14-4-2-1-3-5-14/h1-9,12-13H,10-11H2. The first-order valence-corrected chi connectivity index (χ1v) is 8.95. The fourth-order valence-corrected chi connectivity index (χ4v) is 3.71. The predicted octanol–water partition coefficient (Wildman–Crippen LogP) is 4.34. The van der Waals surface area contributed by atoms with E-state index in [0.29, 0.717) is 29.1 Å². The van der Waals surface area contributed by atoms with Gasteiger partial charge in [0.2, 0.25) is 0 Å². The van der Waals surface area contributed by atoms with Gasteiger partial charge in [0.05, 0.1) is 18.4 Å². The van der Waals surface area contributed by atoms with Crippen molar-refractivity contribution in [2.24, 2.45) is 0 Å². The minimum atomic E-state index is -0.310. The Hall–Kier alpha value is -2.99. The van der Waals surface area contributed by atoms with Gasteiger partial charge >= 0.3 is 0 Å². The minimum absolute atomic E-state index is 0.0788. The lowest BCUT2D eigenvalue weighted by Crippen LogP contribution is -2.22. The van der Waals surface area contributed by atoms with Crippen LogP contribution in [0.5, 0.6) is 5.75 Å². The third-order valence-electron chi connectivity index (χ3n) is 3.98. The Balaban J connectivity index is 1.54. The van der Waals surface area contributed by atoms with E-state index in [1.807, 2.05) is 36.4 Å². The van der Waals surface area contributed by atoms with E-state index in [4.69, 9.17) is 4.74 Å². The number of hydrogen-bond donors (Lipinski definition) is 0. The number of thiophene rings is 1. The number of rotatable bonds is 5. The molecule has 0 aliphatic rings. The summed E-state index contributed by atoms with van der Waals surface area (Å²) in [6, 6.07) is 17.7. The Bertz CT molecular complexity index is 1090. The molecule has 26 heavy (non-hydrogen) atoms. The molecule has 0 spiro atoms. The van der Waals surface area contributed by atoms with E-state index in [9.17, 15) is 9.18 Å². The highest BCUT2D eigenvalue weighted by atomic mass is 32.1. The Labute approximate surface area is 153 Å². The van der Waals surface area contributed by atoms with Crippen LogP contribution in [-0.4, -0.2) is 16.2 Å². The van der Waals surface area contributed by atoms with Gasteiger partial charge in [0.25, 0.3) is 5.56 Å².